The smallest absolute Gasteiger partial charge is 0.0944 e. The minimum atomic E-state index is 0.113. The van der Waals surface area contributed by atoms with E-state index in [1.807, 2.05) is 12.3 Å². The number of anilines is 1. The number of hydrazine groups is 1. The monoisotopic (exact) mass is 263 g/mol. The van der Waals surface area contributed by atoms with Gasteiger partial charge in [0.15, 0.2) is 0 Å². The molecule has 2 aromatic heterocycles. The molecule has 0 aliphatic heterocycles. The second kappa shape index (κ2) is 5.90. The van der Waals surface area contributed by atoms with Crippen molar-refractivity contribution in [3.8, 4) is 0 Å². The zero-order valence-corrected chi connectivity index (χ0v) is 11.1. The van der Waals surface area contributed by atoms with Crippen molar-refractivity contribution in [2.75, 3.05) is 5.73 Å². The Morgan fingerprint density at radius 2 is 2.28 bits per heavy atom. The number of pyridine rings is 1. The van der Waals surface area contributed by atoms with Crippen LogP contribution in [-0.4, -0.2) is 16.0 Å². The van der Waals surface area contributed by atoms with Crippen molar-refractivity contribution in [1.82, 2.24) is 15.4 Å². The molecule has 5 N–H and O–H groups in total. The van der Waals surface area contributed by atoms with E-state index >= 15 is 0 Å². The number of nitrogens with two attached hydrogens (primary N) is 2. The number of nitrogens with one attached hydrogen (secondary N) is 1. The van der Waals surface area contributed by atoms with E-state index in [0.29, 0.717) is 0 Å². The van der Waals surface area contributed by atoms with Gasteiger partial charge in [-0.05, 0) is 25.0 Å². The Labute approximate surface area is 110 Å². The predicted octanol–water partition coefficient (Wildman–Crippen LogP) is 1.05. The summed E-state index contributed by atoms with van der Waals surface area (Å²) in [5.41, 5.74) is 11.5. The van der Waals surface area contributed by atoms with Crippen LogP contribution in [0.2, 0.25) is 0 Å². The second-order valence-electron chi connectivity index (χ2n) is 4.23. The number of nitrogens with zero attached hydrogens (tertiary/aromatic N) is 2. The highest BCUT2D eigenvalue weighted by molar-refractivity contribution is 7.09. The van der Waals surface area contributed by atoms with Gasteiger partial charge in [0.25, 0.3) is 0 Å². The lowest BCUT2D eigenvalue weighted by Gasteiger charge is -2.15. The second-order valence-corrected chi connectivity index (χ2v) is 5.17. The average Bonchev–Trinajstić information content (AvgIpc) is 2.76. The van der Waals surface area contributed by atoms with Gasteiger partial charge in [-0.2, -0.15) is 0 Å². The summed E-state index contributed by atoms with van der Waals surface area (Å²) in [6, 6.07) is 1.92. The minimum absolute atomic E-state index is 0.113. The molecule has 1 atom stereocenters. The molecule has 0 fully saturated rings. The standard InChI is InChI=1S/C12H17N5S/c1-8-7-18-12(16-8)5-10(17-14)4-9-6-15-3-2-11(9)13/h2-3,6-7,10,17H,4-5,14H2,1H3,(H2,13,15). The molecule has 0 aliphatic rings. The van der Waals surface area contributed by atoms with Gasteiger partial charge in [-0.25, -0.2) is 4.98 Å². The Morgan fingerprint density at radius 1 is 1.44 bits per heavy atom. The van der Waals surface area contributed by atoms with Crippen molar-refractivity contribution < 1.29 is 0 Å². The maximum absolute atomic E-state index is 5.90. The first-order valence-corrected chi connectivity index (χ1v) is 6.62. The van der Waals surface area contributed by atoms with Crippen molar-refractivity contribution in [1.29, 1.82) is 0 Å². The van der Waals surface area contributed by atoms with Crippen LogP contribution in [0.1, 0.15) is 16.3 Å². The Bertz CT molecular complexity index is 511. The Kier molecular flexibility index (Phi) is 4.24. The summed E-state index contributed by atoms with van der Waals surface area (Å²) < 4.78 is 0. The van der Waals surface area contributed by atoms with E-state index in [1.165, 1.54) is 0 Å². The van der Waals surface area contributed by atoms with Crippen molar-refractivity contribution in [2.45, 2.75) is 25.8 Å². The van der Waals surface area contributed by atoms with E-state index in [1.54, 1.807) is 29.8 Å². The van der Waals surface area contributed by atoms with E-state index in [2.05, 4.69) is 15.4 Å². The van der Waals surface area contributed by atoms with Gasteiger partial charge in [-0.15, -0.1) is 11.3 Å². The SMILES string of the molecule is Cc1csc(CC(Cc2cnccc2N)NN)n1. The number of hydrogen-bond donors (Lipinski definition) is 3. The van der Waals surface area contributed by atoms with Gasteiger partial charge in [0.05, 0.1) is 5.01 Å². The normalized spacial score (nSPS) is 12.6. The third-order valence-electron chi connectivity index (χ3n) is 2.73. The number of aromatic nitrogens is 2. The summed E-state index contributed by atoms with van der Waals surface area (Å²) in [5, 5.41) is 3.12. The Hall–Kier alpha value is -1.50. The van der Waals surface area contributed by atoms with E-state index in [0.717, 1.165) is 34.8 Å². The lowest BCUT2D eigenvalue weighted by Crippen LogP contribution is -2.38. The predicted molar refractivity (Wildman–Crippen MR) is 74.0 cm³/mol. The van der Waals surface area contributed by atoms with Crippen molar-refractivity contribution in [3.05, 3.63) is 40.1 Å². The third kappa shape index (κ3) is 3.25. The van der Waals surface area contributed by atoms with E-state index in [-0.39, 0.29) is 6.04 Å². The fraction of sp³-hybridized carbons (Fsp3) is 0.333. The number of hydrogen-bond acceptors (Lipinski definition) is 6. The van der Waals surface area contributed by atoms with Crippen LogP contribution >= 0.6 is 11.3 Å². The topological polar surface area (TPSA) is 89.8 Å². The number of thiazole rings is 1. The van der Waals surface area contributed by atoms with Crippen molar-refractivity contribution in [2.24, 2.45) is 5.84 Å². The third-order valence-corrected chi connectivity index (χ3v) is 3.72. The first-order chi connectivity index (χ1) is 8.69. The summed E-state index contributed by atoms with van der Waals surface area (Å²) in [5.74, 6) is 5.59. The summed E-state index contributed by atoms with van der Waals surface area (Å²) in [4.78, 5) is 8.52. The molecule has 2 aromatic rings. The van der Waals surface area contributed by atoms with Crippen LogP contribution in [0.4, 0.5) is 5.69 Å². The van der Waals surface area contributed by atoms with E-state index in [9.17, 15) is 0 Å². The van der Waals surface area contributed by atoms with Gasteiger partial charge in [0.1, 0.15) is 0 Å². The van der Waals surface area contributed by atoms with Crippen LogP contribution in [0.25, 0.3) is 0 Å². The zero-order chi connectivity index (χ0) is 13.0. The molecular formula is C12H17N5S. The number of nitrogen functional groups attached to an aromatic ring is 1. The molecule has 0 aromatic carbocycles. The maximum Gasteiger partial charge on any atom is 0.0944 e. The van der Waals surface area contributed by atoms with E-state index < -0.39 is 0 Å². The summed E-state index contributed by atoms with van der Waals surface area (Å²) in [6.45, 7) is 1.99. The first kappa shape index (κ1) is 12.9. The minimum Gasteiger partial charge on any atom is -0.398 e. The van der Waals surface area contributed by atoms with Gasteiger partial charge >= 0.3 is 0 Å². The van der Waals surface area contributed by atoms with Gasteiger partial charge < -0.3 is 5.73 Å². The number of aryl methyl sites for hydroxylation is 1. The quantitative estimate of drug-likeness (QED) is 0.554. The van der Waals surface area contributed by atoms with Crippen molar-refractivity contribution >= 4 is 17.0 Å². The molecule has 18 heavy (non-hydrogen) atoms. The number of rotatable bonds is 5. The van der Waals surface area contributed by atoms with E-state index in [4.69, 9.17) is 11.6 Å². The molecule has 0 radical (unpaired) electrons. The van der Waals surface area contributed by atoms with Gasteiger partial charge in [-0.1, -0.05) is 0 Å². The molecule has 0 saturated carbocycles. The zero-order valence-electron chi connectivity index (χ0n) is 10.3. The summed E-state index contributed by atoms with van der Waals surface area (Å²) >= 11 is 1.65. The van der Waals surface area contributed by atoms with Gasteiger partial charge in [0.2, 0.25) is 0 Å². The van der Waals surface area contributed by atoms with Crippen LogP contribution < -0.4 is 17.0 Å². The van der Waals surface area contributed by atoms with Gasteiger partial charge in [0, 0.05) is 41.6 Å². The molecule has 0 saturated heterocycles. The van der Waals surface area contributed by atoms with Gasteiger partial charge in [-0.3, -0.25) is 16.3 Å². The van der Waals surface area contributed by atoms with Crippen LogP contribution in [0.15, 0.2) is 23.8 Å². The molecule has 5 nitrogen and oxygen atoms in total. The lowest BCUT2D eigenvalue weighted by atomic mass is 10.0. The highest BCUT2D eigenvalue weighted by atomic mass is 32.1. The first-order valence-electron chi connectivity index (χ1n) is 5.74. The fourth-order valence-electron chi connectivity index (χ4n) is 1.77. The molecule has 1 unspecified atom stereocenters. The molecule has 96 valence electrons. The molecule has 2 heterocycles. The summed E-state index contributed by atoms with van der Waals surface area (Å²) in [7, 11) is 0. The highest BCUT2D eigenvalue weighted by Crippen LogP contribution is 2.15. The van der Waals surface area contributed by atoms with Crippen LogP contribution in [0.3, 0.4) is 0 Å². The molecule has 2 rings (SSSR count). The molecule has 0 spiro atoms. The highest BCUT2D eigenvalue weighted by Gasteiger charge is 2.12. The van der Waals surface area contributed by atoms with Crippen LogP contribution in [-0.2, 0) is 12.8 Å². The molecule has 6 heteroatoms. The lowest BCUT2D eigenvalue weighted by molar-refractivity contribution is 0.521. The largest absolute Gasteiger partial charge is 0.398 e. The van der Waals surface area contributed by atoms with Crippen LogP contribution in [0, 0.1) is 6.92 Å². The molecule has 0 aliphatic carbocycles. The van der Waals surface area contributed by atoms with Crippen molar-refractivity contribution in [3.63, 3.8) is 0 Å². The molecular weight excluding hydrogens is 246 g/mol. The average molecular weight is 263 g/mol. The maximum atomic E-state index is 5.90. The molecule has 0 amide bonds. The van der Waals surface area contributed by atoms with Crippen LogP contribution in [0.5, 0.6) is 0 Å². The fourth-order valence-corrected chi connectivity index (χ4v) is 2.62. The Balaban J connectivity index is 2.04. The summed E-state index contributed by atoms with van der Waals surface area (Å²) in [6.07, 6.45) is 5.01. The Morgan fingerprint density at radius 3 is 2.89 bits per heavy atom. The molecule has 0 bridgehead atoms.